The van der Waals surface area contributed by atoms with Crippen molar-refractivity contribution in [1.29, 1.82) is 0 Å². The molecule has 0 fully saturated rings. The van der Waals surface area contributed by atoms with Crippen LogP contribution in [0.5, 0.6) is 0 Å². The number of aliphatic hydroxyl groups excluding tert-OH is 1. The summed E-state index contributed by atoms with van der Waals surface area (Å²) in [6.45, 7) is 4.23. The van der Waals surface area contributed by atoms with Crippen LogP contribution in [0.2, 0.25) is 0 Å². The molecule has 0 saturated carbocycles. The van der Waals surface area contributed by atoms with E-state index in [4.69, 9.17) is 19.3 Å². The summed E-state index contributed by atoms with van der Waals surface area (Å²) in [6, 6.07) is 0. The van der Waals surface area contributed by atoms with Crippen molar-refractivity contribution < 1.29 is 19.3 Å². The van der Waals surface area contributed by atoms with E-state index in [1.807, 2.05) is 6.92 Å². The molecule has 0 radical (unpaired) electrons. The monoisotopic (exact) mass is 164 g/mol. The summed E-state index contributed by atoms with van der Waals surface area (Å²) < 4.78 is 14.8. The fourth-order valence-electron chi connectivity index (χ4n) is 0.588. The second-order valence-electron chi connectivity index (χ2n) is 2.05. The number of aliphatic hydroxyl groups is 1. The van der Waals surface area contributed by atoms with Gasteiger partial charge in [0.05, 0.1) is 0 Å². The van der Waals surface area contributed by atoms with Crippen LogP contribution in [-0.4, -0.2) is 38.0 Å². The Hall–Kier alpha value is -0.160. The number of methoxy groups -OCH3 is 1. The summed E-state index contributed by atoms with van der Waals surface area (Å²) in [6.07, 6.45) is -1.15. The van der Waals surface area contributed by atoms with Gasteiger partial charge >= 0.3 is 0 Å². The molecule has 2 atom stereocenters. The van der Waals surface area contributed by atoms with Gasteiger partial charge in [0.25, 0.3) is 0 Å². The highest BCUT2D eigenvalue weighted by atomic mass is 16.7. The Morgan fingerprint density at radius 3 is 2.36 bits per heavy atom. The van der Waals surface area contributed by atoms with E-state index < -0.39 is 6.29 Å². The van der Waals surface area contributed by atoms with Gasteiger partial charge in [0.15, 0.2) is 12.6 Å². The van der Waals surface area contributed by atoms with E-state index >= 15 is 0 Å². The van der Waals surface area contributed by atoms with E-state index in [1.165, 1.54) is 7.11 Å². The highest BCUT2D eigenvalue weighted by molar-refractivity contribution is 4.39. The lowest BCUT2D eigenvalue weighted by Crippen LogP contribution is -2.24. The molecule has 0 rings (SSSR count). The number of rotatable bonds is 6. The molecule has 0 saturated heterocycles. The molecule has 0 aliphatic rings. The standard InChI is InChI=1S/C7H16O4/c1-4-10-7(9-3)5-11-6(2)8/h6-8H,4-5H2,1-3H3. The third-order valence-electron chi connectivity index (χ3n) is 1.09. The largest absolute Gasteiger partial charge is 0.368 e. The first-order valence-corrected chi connectivity index (χ1v) is 3.64. The third-order valence-corrected chi connectivity index (χ3v) is 1.09. The maximum Gasteiger partial charge on any atom is 0.180 e. The minimum Gasteiger partial charge on any atom is -0.368 e. The fraction of sp³-hybridized carbons (Fsp3) is 1.00. The molecule has 0 aromatic heterocycles. The van der Waals surface area contributed by atoms with Gasteiger partial charge in [-0.05, 0) is 13.8 Å². The van der Waals surface area contributed by atoms with Crippen molar-refractivity contribution in [3.63, 3.8) is 0 Å². The summed E-state index contributed by atoms with van der Waals surface area (Å²) in [5.74, 6) is 0. The first-order valence-electron chi connectivity index (χ1n) is 3.64. The molecule has 4 heteroatoms. The Kier molecular flexibility index (Phi) is 6.45. The molecule has 68 valence electrons. The molecule has 2 unspecified atom stereocenters. The van der Waals surface area contributed by atoms with E-state index in [9.17, 15) is 0 Å². The van der Waals surface area contributed by atoms with E-state index in [0.717, 1.165) is 0 Å². The Bertz CT molecular complexity index is 84.5. The first-order chi connectivity index (χ1) is 5.20. The lowest BCUT2D eigenvalue weighted by Gasteiger charge is -2.15. The first kappa shape index (κ1) is 10.8. The smallest absolute Gasteiger partial charge is 0.180 e. The maximum absolute atomic E-state index is 8.73. The summed E-state index contributed by atoms with van der Waals surface area (Å²) >= 11 is 0. The van der Waals surface area contributed by atoms with Gasteiger partial charge in [0.1, 0.15) is 6.61 Å². The van der Waals surface area contributed by atoms with Gasteiger partial charge in [-0.2, -0.15) is 0 Å². The molecule has 0 aliphatic heterocycles. The summed E-state index contributed by atoms with van der Waals surface area (Å²) in [4.78, 5) is 0. The maximum atomic E-state index is 8.73. The van der Waals surface area contributed by atoms with E-state index in [2.05, 4.69) is 0 Å². The van der Waals surface area contributed by atoms with Crippen LogP contribution in [-0.2, 0) is 14.2 Å². The normalized spacial score (nSPS) is 16.4. The lowest BCUT2D eigenvalue weighted by atomic mass is 10.6. The van der Waals surface area contributed by atoms with Crippen LogP contribution in [0.15, 0.2) is 0 Å². The minimum absolute atomic E-state index is 0.252. The van der Waals surface area contributed by atoms with Crippen LogP contribution in [0.3, 0.4) is 0 Å². The summed E-state index contributed by atoms with van der Waals surface area (Å²) in [5.41, 5.74) is 0. The van der Waals surface area contributed by atoms with Crippen molar-refractivity contribution in [2.24, 2.45) is 0 Å². The van der Waals surface area contributed by atoms with Crippen LogP contribution in [0, 0.1) is 0 Å². The van der Waals surface area contributed by atoms with Gasteiger partial charge < -0.3 is 19.3 Å². The molecular formula is C7H16O4. The van der Waals surface area contributed by atoms with E-state index in [-0.39, 0.29) is 12.9 Å². The molecule has 0 aliphatic carbocycles. The molecule has 0 bridgehead atoms. The van der Waals surface area contributed by atoms with E-state index in [1.54, 1.807) is 6.92 Å². The van der Waals surface area contributed by atoms with Gasteiger partial charge in [0.2, 0.25) is 0 Å². The van der Waals surface area contributed by atoms with Gasteiger partial charge in [-0.1, -0.05) is 0 Å². The molecule has 4 nitrogen and oxygen atoms in total. The zero-order valence-electron chi connectivity index (χ0n) is 7.24. The topological polar surface area (TPSA) is 47.9 Å². The zero-order chi connectivity index (χ0) is 8.69. The van der Waals surface area contributed by atoms with Gasteiger partial charge in [-0.3, -0.25) is 0 Å². The molecule has 0 amide bonds. The van der Waals surface area contributed by atoms with Gasteiger partial charge in [0, 0.05) is 13.7 Å². The van der Waals surface area contributed by atoms with Crippen molar-refractivity contribution in [3.05, 3.63) is 0 Å². The zero-order valence-corrected chi connectivity index (χ0v) is 7.24. The van der Waals surface area contributed by atoms with Crippen LogP contribution in [0.4, 0.5) is 0 Å². The van der Waals surface area contributed by atoms with Crippen molar-refractivity contribution in [3.8, 4) is 0 Å². The molecule has 11 heavy (non-hydrogen) atoms. The Morgan fingerprint density at radius 1 is 1.36 bits per heavy atom. The highest BCUT2D eigenvalue weighted by Crippen LogP contribution is 1.95. The quantitative estimate of drug-likeness (QED) is 0.575. The SMILES string of the molecule is CCOC(COC(C)O)OC. The average molecular weight is 164 g/mol. The second-order valence-corrected chi connectivity index (χ2v) is 2.05. The lowest BCUT2D eigenvalue weighted by molar-refractivity contribution is -0.190. The van der Waals surface area contributed by atoms with Crippen molar-refractivity contribution >= 4 is 0 Å². The van der Waals surface area contributed by atoms with Crippen LogP contribution < -0.4 is 0 Å². The van der Waals surface area contributed by atoms with Crippen molar-refractivity contribution in [2.75, 3.05) is 20.3 Å². The Balaban J connectivity index is 3.35. The Morgan fingerprint density at radius 2 is 2.00 bits per heavy atom. The number of ether oxygens (including phenoxy) is 3. The molecule has 0 spiro atoms. The second kappa shape index (κ2) is 6.54. The van der Waals surface area contributed by atoms with Crippen molar-refractivity contribution in [1.82, 2.24) is 0 Å². The van der Waals surface area contributed by atoms with Gasteiger partial charge in [-0.15, -0.1) is 0 Å². The number of hydrogen-bond donors (Lipinski definition) is 1. The highest BCUT2D eigenvalue weighted by Gasteiger charge is 2.07. The summed E-state index contributed by atoms with van der Waals surface area (Å²) in [7, 11) is 1.53. The Labute approximate surface area is 67.1 Å². The minimum atomic E-state index is -0.770. The molecule has 0 aromatic rings. The molecular weight excluding hydrogens is 148 g/mol. The molecule has 0 heterocycles. The number of hydrogen-bond acceptors (Lipinski definition) is 4. The molecule has 1 N–H and O–H groups in total. The van der Waals surface area contributed by atoms with Crippen LogP contribution >= 0.6 is 0 Å². The fourth-order valence-corrected chi connectivity index (χ4v) is 0.588. The van der Waals surface area contributed by atoms with E-state index in [0.29, 0.717) is 6.61 Å². The molecule has 0 aromatic carbocycles. The van der Waals surface area contributed by atoms with Crippen LogP contribution in [0.1, 0.15) is 13.8 Å². The average Bonchev–Trinajstić information content (AvgIpc) is 1.97. The van der Waals surface area contributed by atoms with Crippen molar-refractivity contribution in [2.45, 2.75) is 26.4 Å². The van der Waals surface area contributed by atoms with Gasteiger partial charge in [-0.25, -0.2) is 0 Å². The van der Waals surface area contributed by atoms with Crippen LogP contribution in [0.25, 0.3) is 0 Å². The predicted molar refractivity (Wildman–Crippen MR) is 40.1 cm³/mol. The predicted octanol–water partition coefficient (Wildman–Crippen LogP) is 0.350. The third kappa shape index (κ3) is 6.25. The summed E-state index contributed by atoms with van der Waals surface area (Å²) in [5, 5.41) is 8.73.